The average molecular weight is 191 g/mol. The first-order valence-electron chi connectivity index (χ1n) is 5.29. The van der Waals surface area contributed by atoms with E-state index in [2.05, 4.69) is 12.2 Å². The fraction of sp³-hybridized carbons (Fsp3) is 0.500. The van der Waals surface area contributed by atoms with E-state index in [-0.39, 0.29) is 0 Å². The van der Waals surface area contributed by atoms with E-state index in [1.54, 1.807) is 0 Å². The van der Waals surface area contributed by atoms with Gasteiger partial charge in [-0.25, -0.2) is 0 Å². The van der Waals surface area contributed by atoms with Crippen molar-refractivity contribution >= 4 is 0 Å². The molecule has 1 heterocycles. The van der Waals surface area contributed by atoms with Gasteiger partial charge in [-0.1, -0.05) is 18.2 Å². The number of nitrogens with one attached hydrogen (secondary N) is 1. The fourth-order valence-corrected chi connectivity index (χ4v) is 1.88. The molecule has 0 radical (unpaired) electrons. The average Bonchev–Trinajstić information content (AvgIpc) is 2.19. The van der Waals surface area contributed by atoms with E-state index in [9.17, 15) is 0 Å². The van der Waals surface area contributed by atoms with Crippen molar-refractivity contribution in [1.29, 1.82) is 0 Å². The molecule has 1 N–H and O–H groups in total. The van der Waals surface area contributed by atoms with E-state index in [4.69, 9.17) is 4.74 Å². The second-order valence-electron chi connectivity index (χ2n) is 3.93. The lowest BCUT2D eigenvalue weighted by Gasteiger charge is -2.28. The molecule has 1 aliphatic heterocycles. The zero-order valence-corrected chi connectivity index (χ0v) is 8.57. The van der Waals surface area contributed by atoms with Gasteiger partial charge in [0.1, 0.15) is 11.9 Å². The van der Waals surface area contributed by atoms with Crippen LogP contribution in [-0.2, 0) is 0 Å². The Balaban J connectivity index is 1.91. The Kier molecular flexibility index (Phi) is 3.04. The highest BCUT2D eigenvalue weighted by atomic mass is 16.5. The van der Waals surface area contributed by atoms with Crippen LogP contribution in [-0.4, -0.2) is 18.7 Å². The molecule has 2 atom stereocenters. The largest absolute Gasteiger partial charge is 0.490 e. The van der Waals surface area contributed by atoms with Gasteiger partial charge in [0.2, 0.25) is 0 Å². The topological polar surface area (TPSA) is 21.3 Å². The molecule has 1 aliphatic rings. The highest BCUT2D eigenvalue weighted by Gasteiger charge is 2.19. The Labute approximate surface area is 85.3 Å². The summed E-state index contributed by atoms with van der Waals surface area (Å²) in [6.07, 6.45) is 2.60. The minimum absolute atomic E-state index is 0.383. The smallest absolute Gasteiger partial charge is 0.119 e. The molecule has 1 saturated heterocycles. The van der Waals surface area contributed by atoms with Crippen LogP contribution in [0.4, 0.5) is 0 Å². The molecular weight excluding hydrogens is 174 g/mol. The molecule has 76 valence electrons. The van der Waals surface area contributed by atoms with E-state index in [0.717, 1.165) is 25.1 Å². The third-order valence-electron chi connectivity index (χ3n) is 2.62. The summed E-state index contributed by atoms with van der Waals surface area (Å²) in [6, 6.07) is 10.7. The van der Waals surface area contributed by atoms with E-state index in [0.29, 0.717) is 12.1 Å². The van der Waals surface area contributed by atoms with Crippen LogP contribution in [0.5, 0.6) is 5.75 Å². The molecule has 2 unspecified atom stereocenters. The zero-order chi connectivity index (χ0) is 9.80. The first-order valence-corrected chi connectivity index (χ1v) is 5.29. The van der Waals surface area contributed by atoms with Gasteiger partial charge in [0, 0.05) is 6.04 Å². The lowest BCUT2D eigenvalue weighted by atomic mass is 10.0. The molecule has 1 aromatic carbocycles. The summed E-state index contributed by atoms with van der Waals surface area (Å²) >= 11 is 0. The predicted octanol–water partition coefficient (Wildman–Crippen LogP) is 2.21. The number of hydrogen-bond acceptors (Lipinski definition) is 2. The number of hydrogen-bond donors (Lipinski definition) is 1. The predicted molar refractivity (Wildman–Crippen MR) is 57.6 cm³/mol. The fourth-order valence-electron chi connectivity index (χ4n) is 1.88. The molecule has 2 nitrogen and oxygen atoms in total. The van der Waals surface area contributed by atoms with Gasteiger partial charge in [0.25, 0.3) is 0 Å². The normalized spacial score (nSPS) is 27.2. The Morgan fingerprint density at radius 1 is 1.29 bits per heavy atom. The maximum Gasteiger partial charge on any atom is 0.119 e. The number of ether oxygens (including phenoxy) is 1. The Hall–Kier alpha value is -1.02. The second kappa shape index (κ2) is 4.47. The minimum atomic E-state index is 0.383. The lowest BCUT2D eigenvalue weighted by Crippen LogP contribution is -2.40. The maximum absolute atomic E-state index is 5.89. The summed E-state index contributed by atoms with van der Waals surface area (Å²) in [6.45, 7) is 3.28. The summed E-state index contributed by atoms with van der Waals surface area (Å²) in [4.78, 5) is 0. The Bertz CT molecular complexity index is 273. The van der Waals surface area contributed by atoms with Crippen LogP contribution in [0.25, 0.3) is 0 Å². The molecule has 0 spiro atoms. The van der Waals surface area contributed by atoms with Gasteiger partial charge in [-0.3, -0.25) is 0 Å². The van der Waals surface area contributed by atoms with Crippen molar-refractivity contribution in [2.24, 2.45) is 0 Å². The van der Waals surface area contributed by atoms with Gasteiger partial charge in [-0.05, 0) is 38.4 Å². The van der Waals surface area contributed by atoms with Gasteiger partial charge < -0.3 is 10.1 Å². The number of rotatable bonds is 2. The minimum Gasteiger partial charge on any atom is -0.490 e. The van der Waals surface area contributed by atoms with E-state index in [1.807, 2.05) is 30.3 Å². The van der Waals surface area contributed by atoms with Crippen molar-refractivity contribution in [1.82, 2.24) is 5.32 Å². The van der Waals surface area contributed by atoms with Gasteiger partial charge in [-0.2, -0.15) is 0 Å². The molecule has 0 aliphatic carbocycles. The van der Waals surface area contributed by atoms with E-state index in [1.165, 1.54) is 0 Å². The van der Waals surface area contributed by atoms with E-state index < -0.39 is 0 Å². The number of piperidine rings is 1. The molecule has 2 heteroatoms. The van der Waals surface area contributed by atoms with Crippen molar-refractivity contribution in [3.05, 3.63) is 30.3 Å². The first kappa shape index (κ1) is 9.53. The van der Waals surface area contributed by atoms with Crippen molar-refractivity contribution in [2.75, 3.05) is 6.54 Å². The van der Waals surface area contributed by atoms with Gasteiger partial charge >= 0.3 is 0 Å². The van der Waals surface area contributed by atoms with Crippen LogP contribution in [0.15, 0.2) is 30.3 Å². The van der Waals surface area contributed by atoms with Crippen LogP contribution >= 0.6 is 0 Å². The van der Waals surface area contributed by atoms with Crippen molar-refractivity contribution in [3.63, 3.8) is 0 Å². The first-order chi connectivity index (χ1) is 6.84. The van der Waals surface area contributed by atoms with Gasteiger partial charge in [0.15, 0.2) is 0 Å². The molecular formula is C12H17NO. The molecule has 2 rings (SSSR count). The van der Waals surface area contributed by atoms with Crippen molar-refractivity contribution < 1.29 is 4.74 Å². The zero-order valence-electron chi connectivity index (χ0n) is 8.57. The van der Waals surface area contributed by atoms with Crippen LogP contribution in [0.3, 0.4) is 0 Å². The lowest BCUT2D eigenvalue weighted by molar-refractivity contribution is 0.144. The summed E-state index contributed by atoms with van der Waals surface area (Å²) in [5, 5.41) is 3.42. The van der Waals surface area contributed by atoms with Crippen LogP contribution in [0.2, 0.25) is 0 Å². The molecule has 0 aromatic heterocycles. The van der Waals surface area contributed by atoms with Crippen molar-refractivity contribution in [3.8, 4) is 5.75 Å². The van der Waals surface area contributed by atoms with Crippen LogP contribution < -0.4 is 10.1 Å². The van der Waals surface area contributed by atoms with Crippen LogP contribution in [0.1, 0.15) is 19.8 Å². The molecule has 0 saturated carbocycles. The maximum atomic E-state index is 5.89. The number of benzene rings is 1. The molecule has 1 aromatic rings. The summed E-state index contributed by atoms with van der Waals surface area (Å²) in [5.41, 5.74) is 0. The summed E-state index contributed by atoms with van der Waals surface area (Å²) < 4.78 is 5.89. The van der Waals surface area contributed by atoms with Crippen molar-refractivity contribution in [2.45, 2.75) is 31.9 Å². The SMILES string of the molecule is CC1CC(Oc2ccccc2)CCN1. The highest BCUT2D eigenvalue weighted by molar-refractivity contribution is 5.21. The standard InChI is InChI=1S/C12H17NO/c1-10-9-12(7-8-13-10)14-11-5-3-2-4-6-11/h2-6,10,12-13H,7-9H2,1H3. The Morgan fingerprint density at radius 2 is 2.07 bits per heavy atom. The highest BCUT2D eigenvalue weighted by Crippen LogP contribution is 2.17. The molecule has 0 amide bonds. The third-order valence-corrected chi connectivity index (χ3v) is 2.62. The monoisotopic (exact) mass is 191 g/mol. The molecule has 0 bridgehead atoms. The van der Waals surface area contributed by atoms with Crippen LogP contribution in [0, 0.1) is 0 Å². The molecule has 1 fully saturated rings. The quantitative estimate of drug-likeness (QED) is 0.773. The Morgan fingerprint density at radius 3 is 2.79 bits per heavy atom. The number of para-hydroxylation sites is 1. The van der Waals surface area contributed by atoms with Gasteiger partial charge in [0.05, 0.1) is 0 Å². The summed E-state index contributed by atoms with van der Waals surface area (Å²) in [5.74, 6) is 0.992. The molecule has 14 heavy (non-hydrogen) atoms. The third kappa shape index (κ3) is 2.48. The van der Waals surface area contributed by atoms with Gasteiger partial charge in [-0.15, -0.1) is 0 Å². The van der Waals surface area contributed by atoms with E-state index >= 15 is 0 Å². The second-order valence-corrected chi connectivity index (χ2v) is 3.93. The summed E-state index contributed by atoms with van der Waals surface area (Å²) in [7, 11) is 0.